The third kappa shape index (κ3) is 2.06. The molecular weight excluding hydrogens is 204 g/mol. The molecule has 3 rings (SSSR count). The minimum atomic E-state index is 0.204. The number of rotatable bonds is 3. The van der Waals surface area contributed by atoms with E-state index in [1.54, 1.807) is 0 Å². The van der Waals surface area contributed by atoms with Crippen LogP contribution in [0.25, 0.3) is 0 Å². The van der Waals surface area contributed by atoms with Gasteiger partial charge >= 0.3 is 0 Å². The molecule has 1 atom stereocenters. The maximum Gasteiger partial charge on any atom is 0.122 e. The van der Waals surface area contributed by atoms with E-state index in [2.05, 4.69) is 6.07 Å². The van der Waals surface area contributed by atoms with Crippen molar-refractivity contribution in [2.45, 2.75) is 12.5 Å². The van der Waals surface area contributed by atoms with Gasteiger partial charge in [0.1, 0.15) is 12.4 Å². The Kier molecular flexibility index (Phi) is 2.80. The monoisotopic (exact) mass is 220 g/mol. The molecule has 0 radical (unpaired) electrons. The zero-order chi connectivity index (χ0) is 10.8. The second-order valence-corrected chi connectivity index (χ2v) is 4.48. The lowest BCUT2D eigenvalue weighted by Gasteiger charge is -2.30. The van der Waals surface area contributed by atoms with Crippen LogP contribution in [0.2, 0.25) is 0 Å². The van der Waals surface area contributed by atoms with Gasteiger partial charge in [-0.15, -0.1) is 0 Å². The average Bonchev–Trinajstić information content (AvgIpc) is 2.27. The molecule has 1 aromatic carbocycles. The largest absolute Gasteiger partial charge is 0.491 e. The van der Waals surface area contributed by atoms with Crippen LogP contribution in [0.15, 0.2) is 24.3 Å². The minimum absolute atomic E-state index is 0.204. The number of hydrogen-bond donors (Lipinski definition) is 0. The molecule has 16 heavy (non-hydrogen) atoms. The molecule has 2 heterocycles. The molecule has 0 unspecified atom stereocenters. The molecule has 0 amide bonds. The number of hydrogen-bond acceptors (Lipinski definition) is 3. The molecule has 0 aromatic heterocycles. The van der Waals surface area contributed by atoms with Gasteiger partial charge in [-0.25, -0.2) is 0 Å². The van der Waals surface area contributed by atoms with E-state index in [0.717, 1.165) is 32.0 Å². The van der Waals surface area contributed by atoms with E-state index in [-0.39, 0.29) is 6.10 Å². The van der Waals surface area contributed by atoms with E-state index in [0.29, 0.717) is 12.5 Å². The van der Waals surface area contributed by atoms with Gasteiger partial charge in [0, 0.05) is 12.3 Å². The molecule has 0 spiro atoms. The summed E-state index contributed by atoms with van der Waals surface area (Å²) in [6.07, 6.45) is 1.17. The predicted octanol–water partition coefficient (Wildman–Crippen LogP) is 1.65. The lowest BCUT2D eigenvalue weighted by Crippen LogP contribution is -2.36. The fraction of sp³-hybridized carbons (Fsp3) is 0.538. The van der Waals surface area contributed by atoms with Crippen molar-refractivity contribution in [3.05, 3.63) is 29.8 Å². The van der Waals surface area contributed by atoms with Crippen molar-refractivity contribution in [1.29, 1.82) is 0 Å². The summed E-state index contributed by atoms with van der Waals surface area (Å²) < 4.78 is 16.6. The summed E-state index contributed by atoms with van der Waals surface area (Å²) in [4.78, 5) is 0. The van der Waals surface area contributed by atoms with Crippen LogP contribution in [0.3, 0.4) is 0 Å². The summed E-state index contributed by atoms with van der Waals surface area (Å²) >= 11 is 0. The zero-order valence-corrected chi connectivity index (χ0v) is 9.22. The van der Waals surface area contributed by atoms with Gasteiger partial charge in [-0.2, -0.15) is 0 Å². The van der Waals surface area contributed by atoms with Crippen molar-refractivity contribution in [3.63, 3.8) is 0 Å². The highest BCUT2D eigenvalue weighted by Crippen LogP contribution is 2.25. The van der Waals surface area contributed by atoms with Crippen LogP contribution in [0.4, 0.5) is 0 Å². The summed E-state index contributed by atoms with van der Waals surface area (Å²) in [5, 5.41) is 0. The van der Waals surface area contributed by atoms with Crippen LogP contribution < -0.4 is 4.74 Å². The standard InChI is InChI=1S/C13H16O3/c1-2-4-13-11(3-1)5-12(9-16-13)15-8-10-6-14-7-10/h1-4,10,12H,5-9H2/t12-/m1/s1. The molecule has 3 nitrogen and oxygen atoms in total. The molecule has 0 saturated carbocycles. The first-order valence-electron chi connectivity index (χ1n) is 5.82. The smallest absolute Gasteiger partial charge is 0.122 e. The summed E-state index contributed by atoms with van der Waals surface area (Å²) in [6, 6.07) is 8.18. The fourth-order valence-electron chi connectivity index (χ4n) is 2.06. The third-order valence-corrected chi connectivity index (χ3v) is 3.12. The Morgan fingerprint density at radius 3 is 2.88 bits per heavy atom. The van der Waals surface area contributed by atoms with Gasteiger partial charge in [-0.05, 0) is 11.6 Å². The van der Waals surface area contributed by atoms with Crippen LogP contribution in [-0.2, 0) is 15.9 Å². The van der Waals surface area contributed by atoms with Crippen molar-refractivity contribution >= 4 is 0 Å². The predicted molar refractivity (Wildman–Crippen MR) is 59.7 cm³/mol. The van der Waals surface area contributed by atoms with Gasteiger partial charge in [0.25, 0.3) is 0 Å². The Bertz CT molecular complexity index is 360. The lowest BCUT2D eigenvalue weighted by atomic mass is 10.0. The molecule has 0 aliphatic carbocycles. The highest BCUT2D eigenvalue weighted by Gasteiger charge is 2.24. The normalized spacial score (nSPS) is 24.4. The number of ether oxygens (including phenoxy) is 3. The second kappa shape index (κ2) is 4.44. The molecule has 3 heteroatoms. The topological polar surface area (TPSA) is 27.7 Å². The minimum Gasteiger partial charge on any atom is -0.491 e. The molecule has 2 aliphatic rings. The lowest BCUT2D eigenvalue weighted by molar-refractivity contribution is -0.0945. The van der Waals surface area contributed by atoms with Crippen LogP contribution in [0.5, 0.6) is 5.75 Å². The molecular formula is C13H16O3. The Morgan fingerprint density at radius 1 is 1.19 bits per heavy atom. The van der Waals surface area contributed by atoms with Gasteiger partial charge in [-0.3, -0.25) is 0 Å². The molecule has 1 fully saturated rings. The summed E-state index contributed by atoms with van der Waals surface area (Å²) in [7, 11) is 0. The van der Waals surface area contributed by atoms with E-state index < -0.39 is 0 Å². The zero-order valence-electron chi connectivity index (χ0n) is 9.22. The van der Waals surface area contributed by atoms with Gasteiger partial charge in [0.2, 0.25) is 0 Å². The van der Waals surface area contributed by atoms with Crippen LogP contribution in [-0.4, -0.2) is 32.5 Å². The van der Waals surface area contributed by atoms with Gasteiger partial charge < -0.3 is 14.2 Å². The molecule has 86 valence electrons. The van der Waals surface area contributed by atoms with Crippen LogP contribution in [0.1, 0.15) is 5.56 Å². The van der Waals surface area contributed by atoms with Crippen molar-refractivity contribution in [1.82, 2.24) is 0 Å². The Hall–Kier alpha value is -1.06. The Labute approximate surface area is 95.3 Å². The first-order valence-corrected chi connectivity index (χ1v) is 5.82. The molecule has 1 aromatic rings. The summed E-state index contributed by atoms with van der Waals surface area (Å²) in [5.74, 6) is 1.60. The molecule has 1 saturated heterocycles. The maximum absolute atomic E-state index is 5.84. The number of para-hydroxylation sites is 1. The molecule has 2 aliphatic heterocycles. The van der Waals surface area contributed by atoms with Crippen LogP contribution >= 0.6 is 0 Å². The third-order valence-electron chi connectivity index (χ3n) is 3.12. The Morgan fingerprint density at radius 2 is 2.06 bits per heavy atom. The van der Waals surface area contributed by atoms with Crippen molar-refractivity contribution in [2.75, 3.05) is 26.4 Å². The van der Waals surface area contributed by atoms with E-state index >= 15 is 0 Å². The first kappa shape index (κ1) is 10.1. The molecule has 0 bridgehead atoms. The summed E-state index contributed by atoms with van der Waals surface area (Å²) in [6.45, 7) is 3.18. The van der Waals surface area contributed by atoms with E-state index in [1.807, 2.05) is 18.2 Å². The van der Waals surface area contributed by atoms with Gasteiger partial charge in [0.05, 0.1) is 25.9 Å². The molecule has 0 N–H and O–H groups in total. The maximum atomic E-state index is 5.84. The Balaban J connectivity index is 1.55. The second-order valence-electron chi connectivity index (χ2n) is 4.48. The van der Waals surface area contributed by atoms with Crippen molar-refractivity contribution in [3.8, 4) is 5.75 Å². The van der Waals surface area contributed by atoms with Crippen LogP contribution in [0, 0.1) is 5.92 Å². The van der Waals surface area contributed by atoms with Crippen molar-refractivity contribution < 1.29 is 14.2 Å². The average molecular weight is 220 g/mol. The number of fused-ring (bicyclic) bond motifs is 1. The fourth-order valence-corrected chi connectivity index (χ4v) is 2.06. The quantitative estimate of drug-likeness (QED) is 0.775. The SMILES string of the molecule is c1ccc2c(c1)C[C@@H](OCC1COC1)CO2. The van der Waals surface area contributed by atoms with E-state index in [4.69, 9.17) is 14.2 Å². The summed E-state index contributed by atoms with van der Waals surface area (Å²) in [5.41, 5.74) is 1.25. The van der Waals surface area contributed by atoms with E-state index in [9.17, 15) is 0 Å². The van der Waals surface area contributed by atoms with E-state index in [1.165, 1.54) is 5.56 Å². The first-order chi connectivity index (χ1) is 7.92. The highest BCUT2D eigenvalue weighted by molar-refractivity contribution is 5.35. The van der Waals surface area contributed by atoms with Crippen molar-refractivity contribution in [2.24, 2.45) is 5.92 Å². The van der Waals surface area contributed by atoms with Gasteiger partial charge in [0.15, 0.2) is 0 Å². The number of benzene rings is 1. The highest BCUT2D eigenvalue weighted by atomic mass is 16.5. The van der Waals surface area contributed by atoms with Gasteiger partial charge in [-0.1, -0.05) is 18.2 Å².